The van der Waals surface area contributed by atoms with E-state index in [9.17, 15) is 9.90 Å². The molecule has 1 heterocycles. The average Bonchev–Trinajstić information content (AvgIpc) is 2.38. The highest BCUT2D eigenvalue weighted by Gasteiger charge is 2.17. The van der Waals surface area contributed by atoms with Gasteiger partial charge in [-0.2, -0.15) is 10.2 Å². The molecule has 0 fully saturated rings. The van der Waals surface area contributed by atoms with Gasteiger partial charge in [-0.05, 0) is 38.0 Å². The zero-order chi connectivity index (χ0) is 14.0. The minimum atomic E-state index is -0.332. The summed E-state index contributed by atoms with van der Waals surface area (Å²) in [6, 6.07) is 1.84. The number of benzene rings is 1. The van der Waals surface area contributed by atoms with Gasteiger partial charge in [-0.25, -0.2) is 4.79 Å². The van der Waals surface area contributed by atoms with Crippen LogP contribution in [-0.4, -0.2) is 27.9 Å². The molecule has 0 saturated carbocycles. The predicted octanol–water partition coefficient (Wildman–Crippen LogP) is 1.92. The van der Waals surface area contributed by atoms with Crippen molar-refractivity contribution in [2.24, 2.45) is 0 Å². The molecule has 1 aromatic heterocycles. The average molecular weight is 260 g/mol. The number of nitrogens with zero attached hydrogens (tertiary/aromatic N) is 2. The van der Waals surface area contributed by atoms with Crippen molar-refractivity contribution in [3.8, 4) is 0 Å². The molecular weight excluding hydrogens is 244 g/mol. The van der Waals surface area contributed by atoms with Gasteiger partial charge in [-0.15, -0.1) is 0 Å². The zero-order valence-corrected chi connectivity index (χ0v) is 11.2. The topological polar surface area (TPSA) is 72.3 Å². The Morgan fingerprint density at radius 2 is 2.11 bits per heavy atom. The van der Waals surface area contributed by atoms with Crippen LogP contribution < -0.4 is 0 Å². The van der Waals surface area contributed by atoms with Gasteiger partial charge >= 0.3 is 5.97 Å². The molecule has 2 aromatic rings. The van der Waals surface area contributed by atoms with Crippen LogP contribution in [0.25, 0.3) is 10.8 Å². The summed E-state index contributed by atoms with van der Waals surface area (Å²) in [5.74, 6) is -0.332. The molecule has 0 bridgehead atoms. The smallest absolute Gasteiger partial charge is 0.338 e. The lowest BCUT2D eigenvalue weighted by Gasteiger charge is -2.13. The number of fused-ring (bicyclic) bond motifs is 1. The van der Waals surface area contributed by atoms with Crippen LogP contribution in [-0.2, 0) is 11.3 Å². The molecule has 0 aliphatic carbocycles. The zero-order valence-electron chi connectivity index (χ0n) is 11.2. The molecule has 0 amide bonds. The number of aromatic nitrogens is 2. The molecule has 0 atom stereocenters. The van der Waals surface area contributed by atoms with E-state index in [0.717, 1.165) is 21.9 Å². The van der Waals surface area contributed by atoms with E-state index >= 15 is 0 Å². The summed E-state index contributed by atoms with van der Waals surface area (Å²) in [5, 5.41) is 18.7. The summed E-state index contributed by atoms with van der Waals surface area (Å²) in [5.41, 5.74) is 2.69. The van der Waals surface area contributed by atoms with E-state index in [4.69, 9.17) is 4.74 Å². The second-order valence-corrected chi connectivity index (χ2v) is 4.32. The lowest BCUT2D eigenvalue weighted by Crippen LogP contribution is -2.10. The minimum absolute atomic E-state index is 0.179. The third-order valence-corrected chi connectivity index (χ3v) is 3.13. The van der Waals surface area contributed by atoms with E-state index < -0.39 is 0 Å². The SMILES string of the molecule is CCOC(=O)c1c(C)cc2c(CO)nncc2c1C. The van der Waals surface area contributed by atoms with E-state index in [1.807, 2.05) is 19.9 Å². The first-order valence-electron chi connectivity index (χ1n) is 6.12. The number of carbonyl (C=O) groups is 1. The minimum Gasteiger partial charge on any atom is -0.462 e. The number of esters is 1. The Hall–Kier alpha value is -2.01. The van der Waals surface area contributed by atoms with Gasteiger partial charge in [0.2, 0.25) is 0 Å². The molecule has 5 nitrogen and oxygen atoms in total. The molecule has 19 heavy (non-hydrogen) atoms. The number of rotatable bonds is 3. The van der Waals surface area contributed by atoms with Crippen molar-refractivity contribution in [1.82, 2.24) is 10.2 Å². The summed E-state index contributed by atoms with van der Waals surface area (Å²) in [6.45, 7) is 5.64. The second-order valence-electron chi connectivity index (χ2n) is 4.32. The predicted molar refractivity (Wildman–Crippen MR) is 70.9 cm³/mol. The van der Waals surface area contributed by atoms with Crippen LogP contribution in [0.1, 0.15) is 34.1 Å². The van der Waals surface area contributed by atoms with Gasteiger partial charge in [0, 0.05) is 10.8 Å². The maximum atomic E-state index is 12.0. The van der Waals surface area contributed by atoms with Crippen LogP contribution in [0.5, 0.6) is 0 Å². The number of aliphatic hydroxyl groups excluding tert-OH is 1. The van der Waals surface area contributed by atoms with Crippen LogP contribution in [0.4, 0.5) is 0 Å². The van der Waals surface area contributed by atoms with Gasteiger partial charge in [0.15, 0.2) is 0 Å². The quantitative estimate of drug-likeness (QED) is 0.853. The summed E-state index contributed by atoms with van der Waals surface area (Å²) in [4.78, 5) is 12.0. The number of hydrogen-bond donors (Lipinski definition) is 1. The van der Waals surface area contributed by atoms with E-state index in [1.165, 1.54) is 0 Å². The molecule has 1 aromatic carbocycles. The van der Waals surface area contributed by atoms with Crippen LogP contribution in [0.2, 0.25) is 0 Å². The van der Waals surface area contributed by atoms with Crippen molar-refractivity contribution in [2.45, 2.75) is 27.4 Å². The van der Waals surface area contributed by atoms with Crippen molar-refractivity contribution >= 4 is 16.7 Å². The Morgan fingerprint density at radius 1 is 1.37 bits per heavy atom. The largest absolute Gasteiger partial charge is 0.462 e. The highest BCUT2D eigenvalue weighted by atomic mass is 16.5. The Kier molecular flexibility index (Phi) is 3.76. The summed E-state index contributed by atoms with van der Waals surface area (Å²) in [7, 11) is 0. The van der Waals surface area contributed by atoms with Crippen LogP contribution in [0.3, 0.4) is 0 Å². The van der Waals surface area contributed by atoms with E-state index in [0.29, 0.717) is 17.9 Å². The van der Waals surface area contributed by atoms with Crippen molar-refractivity contribution in [1.29, 1.82) is 0 Å². The van der Waals surface area contributed by atoms with Gasteiger partial charge in [0.1, 0.15) is 0 Å². The number of hydrogen-bond acceptors (Lipinski definition) is 5. The van der Waals surface area contributed by atoms with Crippen molar-refractivity contribution in [3.63, 3.8) is 0 Å². The summed E-state index contributed by atoms with van der Waals surface area (Å²) in [6.07, 6.45) is 1.60. The molecule has 0 radical (unpaired) electrons. The van der Waals surface area contributed by atoms with Crippen LogP contribution >= 0.6 is 0 Å². The second kappa shape index (κ2) is 5.32. The number of ether oxygens (including phenoxy) is 1. The van der Waals surface area contributed by atoms with E-state index in [1.54, 1.807) is 13.1 Å². The Balaban J connectivity index is 2.73. The Bertz CT molecular complexity index is 638. The fourth-order valence-electron chi connectivity index (χ4n) is 2.25. The van der Waals surface area contributed by atoms with E-state index in [-0.39, 0.29) is 12.6 Å². The molecule has 100 valence electrons. The lowest BCUT2D eigenvalue weighted by molar-refractivity contribution is 0.0525. The van der Waals surface area contributed by atoms with Crippen molar-refractivity contribution in [2.75, 3.05) is 6.61 Å². The van der Waals surface area contributed by atoms with Gasteiger partial charge in [-0.3, -0.25) is 0 Å². The molecule has 1 N–H and O–H groups in total. The van der Waals surface area contributed by atoms with Crippen molar-refractivity contribution < 1.29 is 14.6 Å². The fourth-order valence-corrected chi connectivity index (χ4v) is 2.25. The first-order chi connectivity index (χ1) is 9.10. The Morgan fingerprint density at radius 3 is 2.74 bits per heavy atom. The first kappa shape index (κ1) is 13.4. The highest BCUT2D eigenvalue weighted by Crippen LogP contribution is 2.26. The Labute approximate surface area is 111 Å². The number of carbonyl (C=O) groups excluding carboxylic acids is 1. The van der Waals surface area contributed by atoms with Gasteiger partial charge in [0.25, 0.3) is 0 Å². The van der Waals surface area contributed by atoms with Gasteiger partial charge < -0.3 is 9.84 Å². The molecule has 2 rings (SSSR count). The maximum absolute atomic E-state index is 12.0. The standard InChI is InChI=1S/C14H16N2O3/c1-4-19-14(18)13-8(2)5-10-11(9(13)3)6-15-16-12(10)7-17/h5-6,17H,4,7H2,1-3H3. The molecule has 0 saturated heterocycles. The number of aliphatic hydroxyl groups is 1. The molecule has 0 aliphatic rings. The third-order valence-electron chi connectivity index (χ3n) is 3.13. The molecule has 0 spiro atoms. The van der Waals surface area contributed by atoms with Crippen LogP contribution in [0.15, 0.2) is 12.3 Å². The molecular formula is C14H16N2O3. The number of aryl methyl sites for hydroxylation is 2. The summed E-state index contributed by atoms with van der Waals surface area (Å²) >= 11 is 0. The summed E-state index contributed by atoms with van der Waals surface area (Å²) < 4.78 is 5.07. The molecule has 5 heteroatoms. The fraction of sp³-hybridized carbons (Fsp3) is 0.357. The van der Waals surface area contributed by atoms with Crippen LogP contribution in [0, 0.1) is 13.8 Å². The van der Waals surface area contributed by atoms with Gasteiger partial charge in [-0.1, -0.05) is 0 Å². The highest BCUT2D eigenvalue weighted by molar-refractivity contribution is 6.00. The van der Waals surface area contributed by atoms with Crippen molar-refractivity contribution in [3.05, 3.63) is 34.6 Å². The molecule has 0 unspecified atom stereocenters. The first-order valence-corrected chi connectivity index (χ1v) is 6.12. The maximum Gasteiger partial charge on any atom is 0.338 e. The normalized spacial score (nSPS) is 10.7. The molecule has 0 aliphatic heterocycles. The monoisotopic (exact) mass is 260 g/mol. The van der Waals surface area contributed by atoms with Gasteiger partial charge in [0.05, 0.1) is 30.7 Å². The third kappa shape index (κ3) is 2.29. The van der Waals surface area contributed by atoms with E-state index in [2.05, 4.69) is 10.2 Å². The lowest BCUT2D eigenvalue weighted by atomic mass is 9.96.